The van der Waals surface area contributed by atoms with Gasteiger partial charge in [0.15, 0.2) is 0 Å². The lowest BCUT2D eigenvalue weighted by atomic mass is 10.2. The van der Waals surface area contributed by atoms with E-state index in [9.17, 15) is 0 Å². The van der Waals surface area contributed by atoms with Crippen molar-refractivity contribution >= 4 is 11.4 Å². The Labute approximate surface area is 84.9 Å². The van der Waals surface area contributed by atoms with Crippen molar-refractivity contribution < 1.29 is 0 Å². The van der Waals surface area contributed by atoms with E-state index in [2.05, 4.69) is 34.5 Å². The van der Waals surface area contributed by atoms with Crippen molar-refractivity contribution in [3.8, 4) is 0 Å². The number of nitrogens with zero attached hydrogens (tertiary/aromatic N) is 1. The molecule has 0 aromatic heterocycles. The first-order chi connectivity index (χ1) is 6.92. The minimum Gasteiger partial charge on any atom is -0.382 e. The minimum absolute atomic E-state index is 0.770. The zero-order valence-corrected chi connectivity index (χ0v) is 8.37. The van der Waals surface area contributed by atoms with Crippen LogP contribution in [0.3, 0.4) is 0 Å². The van der Waals surface area contributed by atoms with Gasteiger partial charge < -0.3 is 16.0 Å². The van der Waals surface area contributed by atoms with E-state index < -0.39 is 0 Å². The lowest BCUT2D eigenvalue weighted by Gasteiger charge is -2.31. The van der Waals surface area contributed by atoms with Crippen LogP contribution in [0.15, 0.2) is 24.3 Å². The van der Waals surface area contributed by atoms with Crippen molar-refractivity contribution in [3.63, 3.8) is 0 Å². The standard InChI is InChI=1S/C11H17N3/c12-6-3-8-14-9-7-13-10-4-1-2-5-11(10)14/h1-2,4-5,13H,3,6-9,12H2. The lowest BCUT2D eigenvalue weighted by molar-refractivity contribution is 0.732. The molecule has 0 fully saturated rings. The number of benzene rings is 1. The van der Waals surface area contributed by atoms with Crippen molar-refractivity contribution in [1.29, 1.82) is 0 Å². The summed E-state index contributed by atoms with van der Waals surface area (Å²) in [4.78, 5) is 2.40. The molecule has 0 bridgehead atoms. The van der Waals surface area contributed by atoms with Gasteiger partial charge in [-0.05, 0) is 25.1 Å². The lowest BCUT2D eigenvalue weighted by Crippen LogP contribution is -2.35. The number of para-hydroxylation sites is 2. The van der Waals surface area contributed by atoms with E-state index in [-0.39, 0.29) is 0 Å². The smallest absolute Gasteiger partial charge is 0.0602 e. The molecular weight excluding hydrogens is 174 g/mol. The second-order valence-electron chi connectivity index (χ2n) is 3.57. The van der Waals surface area contributed by atoms with Crippen molar-refractivity contribution in [2.24, 2.45) is 5.73 Å². The Hall–Kier alpha value is -1.22. The number of rotatable bonds is 3. The van der Waals surface area contributed by atoms with E-state index in [0.29, 0.717) is 0 Å². The van der Waals surface area contributed by atoms with E-state index in [4.69, 9.17) is 5.73 Å². The maximum absolute atomic E-state index is 5.52. The molecule has 14 heavy (non-hydrogen) atoms. The second-order valence-corrected chi connectivity index (χ2v) is 3.57. The summed E-state index contributed by atoms with van der Waals surface area (Å²) in [6, 6.07) is 8.45. The fraction of sp³-hybridized carbons (Fsp3) is 0.455. The average molecular weight is 191 g/mol. The molecule has 1 aromatic carbocycles. The fourth-order valence-electron chi connectivity index (χ4n) is 1.86. The first kappa shape index (κ1) is 9.34. The molecule has 3 N–H and O–H groups in total. The Kier molecular flexibility index (Phi) is 2.89. The Morgan fingerprint density at radius 3 is 3.07 bits per heavy atom. The first-order valence-electron chi connectivity index (χ1n) is 5.20. The summed E-state index contributed by atoms with van der Waals surface area (Å²) < 4.78 is 0. The summed E-state index contributed by atoms with van der Waals surface area (Å²) in [6.07, 6.45) is 1.06. The normalized spacial score (nSPS) is 14.8. The Bertz CT molecular complexity index is 298. The number of fused-ring (bicyclic) bond motifs is 1. The van der Waals surface area contributed by atoms with E-state index in [1.165, 1.54) is 11.4 Å². The van der Waals surface area contributed by atoms with E-state index in [1.807, 2.05) is 0 Å². The third-order valence-electron chi connectivity index (χ3n) is 2.57. The van der Waals surface area contributed by atoms with Crippen molar-refractivity contribution in [1.82, 2.24) is 0 Å². The van der Waals surface area contributed by atoms with Crippen LogP contribution in [0.25, 0.3) is 0 Å². The van der Waals surface area contributed by atoms with Crippen LogP contribution in [0.4, 0.5) is 11.4 Å². The van der Waals surface area contributed by atoms with Crippen LogP contribution in [0.1, 0.15) is 6.42 Å². The average Bonchev–Trinajstić information content (AvgIpc) is 2.26. The summed E-state index contributed by atoms with van der Waals surface area (Å²) in [7, 11) is 0. The third kappa shape index (κ3) is 1.82. The van der Waals surface area contributed by atoms with Crippen LogP contribution in [0.5, 0.6) is 0 Å². The van der Waals surface area contributed by atoms with E-state index >= 15 is 0 Å². The molecule has 0 saturated heterocycles. The minimum atomic E-state index is 0.770. The van der Waals surface area contributed by atoms with Crippen LogP contribution < -0.4 is 16.0 Å². The molecule has 0 saturated carbocycles. The maximum atomic E-state index is 5.52. The topological polar surface area (TPSA) is 41.3 Å². The molecule has 2 rings (SSSR count). The molecule has 1 heterocycles. The number of hydrogen-bond donors (Lipinski definition) is 2. The van der Waals surface area contributed by atoms with Gasteiger partial charge in [-0.2, -0.15) is 0 Å². The molecule has 0 aliphatic carbocycles. The van der Waals surface area contributed by atoms with Gasteiger partial charge in [0.1, 0.15) is 0 Å². The van der Waals surface area contributed by atoms with E-state index in [0.717, 1.165) is 32.6 Å². The molecule has 0 spiro atoms. The molecule has 1 aliphatic heterocycles. The molecule has 0 radical (unpaired) electrons. The van der Waals surface area contributed by atoms with Gasteiger partial charge in [-0.1, -0.05) is 12.1 Å². The first-order valence-corrected chi connectivity index (χ1v) is 5.20. The predicted octanol–water partition coefficient (Wildman–Crippen LogP) is 1.27. The molecule has 0 unspecified atom stereocenters. The van der Waals surface area contributed by atoms with Crippen molar-refractivity contribution in [3.05, 3.63) is 24.3 Å². The molecule has 0 amide bonds. The largest absolute Gasteiger partial charge is 0.382 e. The molecule has 3 nitrogen and oxygen atoms in total. The Balaban J connectivity index is 2.14. The van der Waals surface area contributed by atoms with Gasteiger partial charge in [0.2, 0.25) is 0 Å². The number of hydrogen-bond acceptors (Lipinski definition) is 3. The van der Waals surface area contributed by atoms with Gasteiger partial charge in [-0.25, -0.2) is 0 Å². The molecule has 0 atom stereocenters. The summed E-state index contributed by atoms with van der Waals surface area (Å²) in [6.45, 7) is 3.94. The van der Waals surface area contributed by atoms with Gasteiger partial charge in [-0.15, -0.1) is 0 Å². The highest BCUT2D eigenvalue weighted by atomic mass is 15.2. The predicted molar refractivity (Wildman–Crippen MR) is 60.8 cm³/mol. The quantitative estimate of drug-likeness (QED) is 0.756. The van der Waals surface area contributed by atoms with E-state index in [1.54, 1.807) is 0 Å². The molecule has 1 aromatic rings. The number of nitrogens with two attached hydrogens (primary N) is 1. The Morgan fingerprint density at radius 2 is 2.21 bits per heavy atom. The van der Waals surface area contributed by atoms with Crippen LogP contribution in [0, 0.1) is 0 Å². The molecule has 76 valence electrons. The Morgan fingerprint density at radius 1 is 1.36 bits per heavy atom. The highest BCUT2D eigenvalue weighted by Gasteiger charge is 2.14. The highest BCUT2D eigenvalue weighted by Crippen LogP contribution is 2.27. The number of anilines is 2. The monoisotopic (exact) mass is 191 g/mol. The van der Waals surface area contributed by atoms with Gasteiger partial charge in [0.05, 0.1) is 11.4 Å². The van der Waals surface area contributed by atoms with Crippen molar-refractivity contribution in [2.75, 3.05) is 36.4 Å². The van der Waals surface area contributed by atoms with Gasteiger partial charge in [0.25, 0.3) is 0 Å². The van der Waals surface area contributed by atoms with Gasteiger partial charge in [0, 0.05) is 19.6 Å². The summed E-state index contributed by atoms with van der Waals surface area (Å²) in [5.41, 5.74) is 8.08. The van der Waals surface area contributed by atoms with Crippen LogP contribution >= 0.6 is 0 Å². The third-order valence-corrected chi connectivity index (χ3v) is 2.57. The van der Waals surface area contributed by atoms with Gasteiger partial charge >= 0.3 is 0 Å². The van der Waals surface area contributed by atoms with Gasteiger partial charge in [-0.3, -0.25) is 0 Å². The van der Waals surface area contributed by atoms with Crippen molar-refractivity contribution in [2.45, 2.75) is 6.42 Å². The fourth-order valence-corrected chi connectivity index (χ4v) is 1.86. The maximum Gasteiger partial charge on any atom is 0.0602 e. The summed E-state index contributed by atoms with van der Waals surface area (Å²) in [5, 5.41) is 3.40. The highest BCUT2D eigenvalue weighted by molar-refractivity contribution is 5.71. The molecule has 3 heteroatoms. The van der Waals surface area contributed by atoms with Crippen LogP contribution in [-0.2, 0) is 0 Å². The summed E-state index contributed by atoms with van der Waals surface area (Å²) >= 11 is 0. The summed E-state index contributed by atoms with van der Waals surface area (Å²) in [5.74, 6) is 0. The number of nitrogens with one attached hydrogen (secondary N) is 1. The second kappa shape index (κ2) is 4.33. The zero-order valence-electron chi connectivity index (χ0n) is 8.37. The zero-order chi connectivity index (χ0) is 9.80. The molecule has 1 aliphatic rings. The molecular formula is C11H17N3. The van der Waals surface area contributed by atoms with Crippen LogP contribution in [0.2, 0.25) is 0 Å². The SMILES string of the molecule is NCCCN1CCNc2ccccc21. The van der Waals surface area contributed by atoms with Crippen LogP contribution in [-0.4, -0.2) is 26.2 Å².